The molecular weight excluding hydrogens is 280 g/mol. The van der Waals surface area contributed by atoms with Gasteiger partial charge in [0.1, 0.15) is 11.5 Å². The van der Waals surface area contributed by atoms with Crippen molar-refractivity contribution >= 4 is 18.3 Å². The largest absolute Gasteiger partial charge is 0.497 e. The van der Waals surface area contributed by atoms with Crippen LogP contribution in [0.1, 0.15) is 23.2 Å². The molecule has 1 aliphatic rings. The van der Waals surface area contributed by atoms with Crippen molar-refractivity contribution in [1.29, 1.82) is 0 Å². The predicted octanol–water partition coefficient (Wildman–Crippen LogP) is 1.59. The topological polar surface area (TPSA) is 73.6 Å². The van der Waals surface area contributed by atoms with Crippen molar-refractivity contribution in [2.24, 2.45) is 11.7 Å². The fourth-order valence-corrected chi connectivity index (χ4v) is 2.06. The highest BCUT2D eigenvalue weighted by Crippen LogP contribution is 2.32. The summed E-state index contributed by atoms with van der Waals surface area (Å²) < 4.78 is 10.3. The molecule has 0 aliphatic heterocycles. The summed E-state index contributed by atoms with van der Waals surface area (Å²) in [6, 6.07) is 5.18. The van der Waals surface area contributed by atoms with Crippen LogP contribution in [0.3, 0.4) is 0 Å². The highest BCUT2D eigenvalue weighted by Gasteiger charge is 2.31. The van der Waals surface area contributed by atoms with E-state index in [0.29, 0.717) is 29.5 Å². The fraction of sp³-hybridized carbons (Fsp3) is 0.500. The van der Waals surface area contributed by atoms with E-state index in [9.17, 15) is 4.79 Å². The average molecular weight is 301 g/mol. The van der Waals surface area contributed by atoms with Gasteiger partial charge in [-0.15, -0.1) is 12.4 Å². The van der Waals surface area contributed by atoms with Gasteiger partial charge in [-0.05, 0) is 30.9 Å². The number of hydrogen-bond donors (Lipinski definition) is 2. The molecular formula is C14H21ClN2O3. The summed E-state index contributed by atoms with van der Waals surface area (Å²) in [5.74, 6) is 1.58. The molecule has 1 aliphatic carbocycles. The number of methoxy groups -OCH3 is 2. The van der Waals surface area contributed by atoms with Gasteiger partial charge < -0.3 is 20.5 Å². The Balaban J connectivity index is 0.00000200. The second kappa shape index (κ2) is 7.36. The van der Waals surface area contributed by atoms with Crippen molar-refractivity contribution in [3.05, 3.63) is 23.8 Å². The van der Waals surface area contributed by atoms with Crippen molar-refractivity contribution < 1.29 is 14.3 Å². The first-order valence-electron chi connectivity index (χ1n) is 6.42. The normalized spacial score (nSPS) is 14.9. The van der Waals surface area contributed by atoms with Crippen molar-refractivity contribution in [2.75, 3.05) is 20.8 Å². The SMILES string of the molecule is COc1cc(OC)cc(C(=O)NC(CN)C2CC2)c1.Cl. The van der Waals surface area contributed by atoms with Gasteiger partial charge in [-0.3, -0.25) is 4.79 Å². The molecule has 1 unspecified atom stereocenters. The van der Waals surface area contributed by atoms with E-state index in [4.69, 9.17) is 15.2 Å². The van der Waals surface area contributed by atoms with Gasteiger partial charge in [-0.25, -0.2) is 0 Å². The number of carbonyl (C=O) groups is 1. The Hall–Kier alpha value is -1.46. The molecule has 0 radical (unpaired) electrons. The van der Waals surface area contributed by atoms with Gasteiger partial charge >= 0.3 is 0 Å². The zero-order valence-electron chi connectivity index (χ0n) is 11.7. The molecule has 0 heterocycles. The van der Waals surface area contributed by atoms with Crippen LogP contribution in [0.25, 0.3) is 0 Å². The van der Waals surface area contributed by atoms with E-state index in [0.717, 1.165) is 12.8 Å². The van der Waals surface area contributed by atoms with Gasteiger partial charge in [0.05, 0.1) is 14.2 Å². The first-order chi connectivity index (χ1) is 9.17. The zero-order valence-corrected chi connectivity index (χ0v) is 12.5. The minimum atomic E-state index is -0.139. The van der Waals surface area contributed by atoms with Crippen LogP contribution in [0.4, 0.5) is 0 Å². The molecule has 1 amide bonds. The van der Waals surface area contributed by atoms with Gasteiger partial charge in [0.2, 0.25) is 0 Å². The summed E-state index contributed by atoms with van der Waals surface area (Å²) in [5.41, 5.74) is 6.21. The quantitative estimate of drug-likeness (QED) is 0.837. The number of nitrogens with one attached hydrogen (secondary N) is 1. The third kappa shape index (κ3) is 4.02. The van der Waals surface area contributed by atoms with Crippen LogP contribution in [0.5, 0.6) is 11.5 Å². The summed E-state index contributed by atoms with van der Waals surface area (Å²) in [5, 5.41) is 2.97. The lowest BCUT2D eigenvalue weighted by Crippen LogP contribution is -2.41. The number of ether oxygens (including phenoxy) is 2. The highest BCUT2D eigenvalue weighted by atomic mass is 35.5. The number of amides is 1. The maximum absolute atomic E-state index is 12.2. The molecule has 6 heteroatoms. The Bertz CT molecular complexity index is 441. The molecule has 1 aromatic rings. The second-order valence-electron chi connectivity index (χ2n) is 4.75. The number of nitrogens with two attached hydrogens (primary N) is 1. The second-order valence-corrected chi connectivity index (χ2v) is 4.75. The van der Waals surface area contributed by atoms with Gasteiger partial charge in [0.25, 0.3) is 5.91 Å². The monoisotopic (exact) mass is 300 g/mol. The number of hydrogen-bond acceptors (Lipinski definition) is 4. The smallest absolute Gasteiger partial charge is 0.251 e. The van der Waals surface area contributed by atoms with E-state index in [-0.39, 0.29) is 24.4 Å². The molecule has 20 heavy (non-hydrogen) atoms. The minimum Gasteiger partial charge on any atom is -0.497 e. The Kier molecular flexibility index (Phi) is 6.10. The Morgan fingerprint density at radius 1 is 1.30 bits per heavy atom. The van der Waals surface area contributed by atoms with Gasteiger partial charge in [-0.1, -0.05) is 0 Å². The number of carbonyl (C=O) groups excluding carboxylic acids is 1. The Labute approximate surface area is 125 Å². The third-order valence-corrected chi connectivity index (χ3v) is 3.38. The summed E-state index contributed by atoms with van der Waals surface area (Å²) in [7, 11) is 3.12. The summed E-state index contributed by atoms with van der Waals surface area (Å²) in [6.07, 6.45) is 2.28. The number of halogens is 1. The van der Waals surface area contributed by atoms with E-state index in [1.165, 1.54) is 0 Å². The lowest BCUT2D eigenvalue weighted by atomic mass is 10.1. The molecule has 1 saturated carbocycles. The molecule has 1 atom stereocenters. The molecule has 0 bridgehead atoms. The summed E-state index contributed by atoms with van der Waals surface area (Å²) in [6.45, 7) is 0.470. The van der Waals surface area contributed by atoms with Crippen LogP contribution in [0.2, 0.25) is 0 Å². The molecule has 5 nitrogen and oxygen atoms in total. The van der Waals surface area contributed by atoms with E-state index < -0.39 is 0 Å². The van der Waals surface area contributed by atoms with Crippen LogP contribution in [-0.4, -0.2) is 32.7 Å². The molecule has 3 N–H and O–H groups in total. The fourth-order valence-electron chi connectivity index (χ4n) is 2.06. The van der Waals surface area contributed by atoms with Crippen LogP contribution < -0.4 is 20.5 Å². The predicted molar refractivity (Wildman–Crippen MR) is 79.8 cm³/mol. The minimum absolute atomic E-state index is 0. The van der Waals surface area contributed by atoms with Crippen LogP contribution in [-0.2, 0) is 0 Å². The Morgan fingerprint density at radius 2 is 1.85 bits per heavy atom. The molecule has 1 fully saturated rings. The highest BCUT2D eigenvalue weighted by molar-refractivity contribution is 5.95. The molecule has 0 aromatic heterocycles. The molecule has 2 rings (SSSR count). The maximum atomic E-state index is 12.2. The van der Waals surface area contributed by atoms with Crippen molar-refractivity contribution in [1.82, 2.24) is 5.32 Å². The van der Waals surface area contributed by atoms with Crippen molar-refractivity contribution in [3.63, 3.8) is 0 Å². The maximum Gasteiger partial charge on any atom is 0.251 e. The summed E-state index contributed by atoms with van der Waals surface area (Å²) in [4.78, 5) is 12.2. The molecule has 0 spiro atoms. The lowest BCUT2D eigenvalue weighted by molar-refractivity contribution is 0.0932. The van der Waals surface area contributed by atoms with E-state index in [2.05, 4.69) is 5.32 Å². The van der Waals surface area contributed by atoms with Gasteiger partial charge in [-0.2, -0.15) is 0 Å². The standard InChI is InChI=1S/C14H20N2O3.ClH/c1-18-11-5-10(6-12(7-11)19-2)14(17)16-13(8-15)9-3-4-9;/h5-7,9,13H,3-4,8,15H2,1-2H3,(H,16,17);1H. The average Bonchev–Trinajstić information content (AvgIpc) is 3.28. The van der Waals surface area contributed by atoms with Crippen molar-refractivity contribution in [3.8, 4) is 11.5 Å². The molecule has 0 saturated heterocycles. The van der Waals surface area contributed by atoms with E-state index >= 15 is 0 Å². The number of rotatable bonds is 6. The molecule has 112 valence electrons. The van der Waals surface area contributed by atoms with Crippen LogP contribution >= 0.6 is 12.4 Å². The number of benzene rings is 1. The van der Waals surface area contributed by atoms with Gasteiger partial charge in [0, 0.05) is 24.2 Å². The summed E-state index contributed by atoms with van der Waals surface area (Å²) >= 11 is 0. The van der Waals surface area contributed by atoms with Crippen molar-refractivity contribution in [2.45, 2.75) is 18.9 Å². The first kappa shape index (κ1) is 16.6. The zero-order chi connectivity index (χ0) is 13.8. The molecule has 1 aromatic carbocycles. The first-order valence-corrected chi connectivity index (χ1v) is 6.42. The van der Waals surface area contributed by atoms with Crippen LogP contribution in [0, 0.1) is 5.92 Å². The van der Waals surface area contributed by atoms with E-state index in [1.54, 1.807) is 32.4 Å². The van der Waals surface area contributed by atoms with Gasteiger partial charge in [0.15, 0.2) is 0 Å². The van der Waals surface area contributed by atoms with Crippen LogP contribution in [0.15, 0.2) is 18.2 Å². The Morgan fingerprint density at radius 3 is 2.25 bits per heavy atom. The van der Waals surface area contributed by atoms with E-state index in [1.807, 2.05) is 0 Å². The lowest BCUT2D eigenvalue weighted by Gasteiger charge is -2.16. The third-order valence-electron chi connectivity index (χ3n) is 3.38.